The van der Waals surface area contributed by atoms with Crippen LogP contribution in [-0.4, -0.2) is 31.6 Å². The minimum atomic E-state index is -0.123. The predicted octanol–water partition coefficient (Wildman–Crippen LogP) is 2.38. The first-order chi connectivity index (χ1) is 8.65. The van der Waals surface area contributed by atoms with Crippen molar-refractivity contribution in [3.8, 4) is 5.75 Å². The minimum Gasteiger partial charge on any atom is -0.482 e. The Balaban J connectivity index is 0.00000180. The third-order valence-corrected chi connectivity index (χ3v) is 3.47. The van der Waals surface area contributed by atoms with Crippen molar-refractivity contribution >= 4 is 45.8 Å². The lowest BCUT2D eigenvalue weighted by Gasteiger charge is -2.12. The highest BCUT2D eigenvalue weighted by atomic mass is 79.9. The van der Waals surface area contributed by atoms with E-state index in [-0.39, 0.29) is 31.0 Å². The van der Waals surface area contributed by atoms with Crippen molar-refractivity contribution in [1.82, 2.24) is 10.6 Å². The van der Waals surface area contributed by atoms with E-state index in [4.69, 9.17) is 16.3 Å². The molecule has 0 saturated carbocycles. The third kappa shape index (κ3) is 5.18. The molecule has 2 rings (SSSR count). The van der Waals surface area contributed by atoms with Crippen molar-refractivity contribution < 1.29 is 9.53 Å². The van der Waals surface area contributed by atoms with E-state index >= 15 is 0 Å². The van der Waals surface area contributed by atoms with Gasteiger partial charge in [-0.2, -0.15) is 0 Å². The molecule has 1 heterocycles. The second kappa shape index (κ2) is 7.94. The molecule has 1 fully saturated rings. The summed E-state index contributed by atoms with van der Waals surface area (Å²) in [5.41, 5.74) is 0. The molecule has 19 heavy (non-hydrogen) atoms. The molecular weight excluding hydrogens is 355 g/mol. The number of hydrogen-bond acceptors (Lipinski definition) is 3. The van der Waals surface area contributed by atoms with Crippen LogP contribution < -0.4 is 15.4 Å². The maximum atomic E-state index is 11.6. The molecule has 1 amide bonds. The number of benzene rings is 1. The molecule has 0 spiro atoms. The number of rotatable bonds is 4. The second-order valence-electron chi connectivity index (χ2n) is 4.12. The van der Waals surface area contributed by atoms with E-state index in [9.17, 15) is 4.79 Å². The van der Waals surface area contributed by atoms with Crippen LogP contribution in [0.3, 0.4) is 0 Å². The minimum absolute atomic E-state index is 0. The fourth-order valence-corrected chi connectivity index (χ4v) is 2.51. The zero-order chi connectivity index (χ0) is 13.0. The van der Waals surface area contributed by atoms with E-state index in [1.54, 1.807) is 12.1 Å². The summed E-state index contributed by atoms with van der Waals surface area (Å²) in [5.74, 6) is 0.391. The number of amides is 1. The van der Waals surface area contributed by atoms with Crippen LogP contribution in [-0.2, 0) is 4.79 Å². The highest BCUT2D eigenvalue weighted by Gasteiger charge is 2.16. The Bertz CT molecular complexity index is 440. The Morgan fingerprint density at radius 2 is 2.37 bits per heavy atom. The first kappa shape index (κ1) is 16.6. The van der Waals surface area contributed by atoms with E-state index in [1.807, 2.05) is 6.07 Å². The number of carbonyl (C=O) groups excluding carboxylic acids is 1. The lowest BCUT2D eigenvalue weighted by molar-refractivity contribution is -0.123. The zero-order valence-corrected chi connectivity index (χ0v) is 13.3. The SMILES string of the molecule is Cl.O=C(COc1ccc(Br)cc1Cl)NC1CCNC1. The van der Waals surface area contributed by atoms with Gasteiger partial charge in [0.2, 0.25) is 0 Å². The number of carbonyl (C=O) groups is 1. The molecule has 1 unspecified atom stereocenters. The fourth-order valence-electron chi connectivity index (χ4n) is 1.78. The molecule has 1 aliphatic rings. The van der Waals surface area contributed by atoms with Crippen LogP contribution in [0.4, 0.5) is 0 Å². The highest BCUT2D eigenvalue weighted by Crippen LogP contribution is 2.27. The van der Waals surface area contributed by atoms with Gasteiger partial charge in [-0.3, -0.25) is 4.79 Å². The Kier molecular flexibility index (Phi) is 6.93. The van der Waals surface area contributed by atoms with Crippen molar-refractivity contribution in [2.75, 3.05) is 19.7 Å². The van der Waals surface area contributed by atoms with Crippen molar-refractivity contribution in [1.29, 1.82) is 0 Å². The van der Waals surface area contributed by atoms with Crippen LogP contribution in [0.1, 0.15) is 6.42 Å². The largest absolute Gasteiger partial charge is 0.482 e. The van der Waals surface area contributed by atoms with Gasteiger partial charge in [0, 0.05) is 17.1 Å². The van der Waals surface area contributed by atoms with Gasteiger partial charge in [-0.1, -0.05) is 27.5 Å². The van der Waals surface area contributed by atoms with Gasteiger partial charge < -0.3 is 15.4 Å². The summed E-state index contributed by atoms with van der Waals surface area (Å²) in [7, 11) is 0. The molecule has 4 nitrogen and oxygen atoms in total. The molecule has 0 bridgehead atoms. The molecule has 0 aromatic heterocycles. The number of hydrogen-bond donors (Lipinski definition) is 2. The molecule has 1 aliphatic heterocycles. The summed E-state index contributed by atoms with van der Waals surface area (Å²) in [6.07, 6.45) is 0.963. The van der Waals surface area contributed by atoms with Crippen molar-refractivity contribution in [3.63, 3.8) is 0 Å². The standard InChI is InChI=1S/C12H14BrClN2O2.ClH/c13-8-1-2-11(10(14)5-8)18-7-12(17)16-9-3-4-15-6-9;/h1-2,5,9,15H,3-4,6-7H2,(H,16,17);1H. The highest BCUT2D eigenvalue weighted by molar-refractivity contribution is 9.10. The summed E-state index contributed by atoms with van der Waals surface area (Å²) in [5, 5.41) is 6.57. The van der Waals surface area contributed by atoms with E-state index in [2.05, 4.69) is 26.6 Å². The van der Waals surface area contributed by atoms with Crippen LogP contribution in [0.15, 0.2) is 22.7 Å². The molecule has 106 valence electrons. The van der Waals surface area contributed by atoms with Gasteiger partial charge in [-0.05, 0) is 31.2 Å². The Hall–Kier alpha value is -0.490. The molecule has 1 aromatic rings. The van der Waals surface area contributed by atoms with E-state index in [0.717, 1.165) is 24.0 Å². The summed E-state index contributed by atoms with van der Waals surface area (Å²) >= 11 is 9.30. The van der Waals surface area contributed by atoms with Gasteiger partial charge in [-0.25, -0.2) is 0 Å². The summed E-state index contributed by atoms with van der Waals surface area (Å²) in [6, 6.07) is 5.49. The quantitative estimate of drug-likeness (QED) is 0.856. The summed E-state index contributed by atoms with van der Waals surface area (Å²) in [4.78, 5) is 11.6. The third-order valence-electron chi connectivity index (χ3n) is 2.68. The Labute approximate surface area is 131 Å². The van der Waals surface area contributed by atoms with Gasteiger partial charge >= 0.3 is 0 Å². The average Bonchev–Trinajstić information content (AvgIpc) is 2.80. The smallest absolute Gasteiger partial charge is 0.258 e. The molecule has 2 N–H and O–H groups in total. The van der Waals surface area contributed by atoms with Crippen LogP contribution >= 0.6 is 39.9 Å². The van der Waals surface area contributed by atoms with Gasteiger partial charge in [0.25, 0.3) is 5.91 Å². The van der Waals surface area contributed by atoms with Crippen molar-refractivity contribution in [3.05, 3.63) is 27.7 Å². The number of ether oxygens (including phenoxy) is 1. The molecular formula is C12H15BrCl2N2O2. The first-order valence-electron chi connectivity index (χ1n) is 5.73. The van der Waals surface area contributed by atoms with Gasteiger partial charge in [0.05, 0.1) is 5.02 Å². The monoisotopic (exact) mass is 368 g/mol. The Morgan fingerprint density at radius 1 is 1.58 bits per heavy atom. The Morgan fingerprint density at radius 3 is 3.00 bits per heavy atom. The molecule has 0 aliphatic carbocycles. The van der Waals surface area contributed by atoms with Crippen LogP contribution in [0, 0.1) is 0 Å². The van der Waals surface area contributed by atoms with Gasteiger partial charge in [0.1, 0.15) is 5.75 Å². The lowest BCUT2D eigenvalue weighted by Crippen LogP contribution is -2.39. The van der Waals surface area contributed by atoms with Gasteiger partial charge in [-0.15, -0.1) is 12.4 Å². The molecule has 0 radical (unpaired) electrons. The van der Waals surface area contributed by atoms with E-state index in [1.165, 1.54) is 0 Å². The fraction of sp³-hybridized carbons (Fsp3) is 0.417. The molecule has 7 heteroatoms. The summed E-state index contributed by atoms with van der Waals surface area (Å²) < 4.78 is 6.25. The van der Waals surface area contributed by atoms with Crippen LogP contribution in [0.25, 0.3) is 0 Å². The maximum Gasteiger partial charge on any atom is 0.258 e. The topological polar surface area (TPSA) is 50.4 Å². The van der Waals surface area contributed by atoms with Crippen molar-refractivity contribution in [2.45, 2.75) is 12.5 Å². The molecule has 1 saturated heterocycles. The second-order valence-corrected chi connectivity index (χ2v) is 5.44. The normalized spacial score (nSPS) is 17.7. The van der Waals surface area contributed by atoms with Gasteiger partial charge in [0.15, 0.2) is 6.61 Å². The molecule has 1 atom stereocenters. The summed E-state index contributed by atoms with van der Waals surface area (Å²) in [6.45, 7) is 1.76. The zero-order valence-electron chi connectivity index (χ0n) is 10.1. The van der Waals surface area contributed by atoms with Crippen LogP contribution in [0.2, 0.25) is 5.02 Å². The number of nitrogens with one attached hydrogen (secondary N) is 2. The number of halogens is 3. The molecule has 1 aromatic carbocycles. The van der Waals surface area contributed by atoms with Crippen LogP contribution in [0.5, 0.6) is 5.75 Å². The predicted molar refractivity (Wildman–Crippen MR) is 81.3 cm³/mol. The maximum absolute atomic E-state index is 11.6. The van der Waals surface area contributed by atoms with Crippen molar-refractivity contribution in [2.24, 2.45) is 0 Å². The first-order valence-corrected chi connectivity index (χ1v) is 6.90. The van der Waals surface area contributed by atoms with E-state index < -0.39 is 0 Å². The average molecular weight is 370 g/mol. The van der Waals surface area contributed by atoms with E-state index in [0.29, 0.717) is 10.8 Å². The lowest BCUT2D eigenvalue weighted by atomic mass is 10.2.